The first-order chi connectivity index (χ1) is 8.69. The molecule has 2 N–H and O–H groups in total. The molecular formula is C13H15BrN2OS. The Kier molecular flexibility index (Phi) is 4.74. The molecule has 96 valence electrons. The standard InChI is InChI=1S/C13H15BrN2OS/c1-9-16-11(8-18-9)7-17-12-2-3-13(14)10(6-12)4-5-15/h2-3,6,8H,4-5,7,15H2,1H3. The molecule has 0 radical (unpaired) electrons. The lowest BCUT2D eigenvalue weighted by Crippen LogP contribution is -2.04. The van der Waals surface area contributed by atoms with Crippen LogP contribution in [0.15, 0.2) is 28.1 Å². The molecule has 1 heterocycles. The van der Waals surface area contributed by atoms with Crippen molar-refractivity contribution in [2.24, 2.45) is 5.73 Å². The second-order valence-electron chi connectivity index (χ2n) is 3.94. The molecule has 0 aliphatic rings. The first-order valence-corrected chi connectivity index (χ1v) is 7.38. The van der Waals surface area contributed by atoms with Crippen molar-refractivity contribution in [1.82, 2.24) is 4.98 Å². The van der Waals surface area contributed by atoms with Crippen molar-refractivity contribution in [2.45, 2.75) is 20.0 Å². The highest BCUT2D eigenvalue weighted by Crippen LogP contribution is 2.23. The van der Waals surface area contributed by atoms with Gasteiger partial charge < -0.3 is 10.5 Å². The fourth-order valence-corrected chi connectivity index (χ4v) is 2.66. The fraction of sp³-hybridized carbons (Fsp3) is 0.308. The molecule has 2 aromatic rings. The molecule has 18 heavy (non-hydrogen) atoms. The molecule has 0 amide bonds. The topological polar surface area (TPSA) is 48.1 Å². The molecule has 0 bridgehead atoms. The van der Waals surface area contributed by atoms with Gasteiger partial charge in [0.1, 0.15) is 12.4 Å². The van der Waals surface area contributed by atoms with Crippen LogP contribution in [-0.4, -0.2) is 11.5 Å². The number of rotatable bonds is 5. The van der Waals surface area contributed by atoms with Gasteiger partial charge in [-0.2, -0.15) is 0 Å². The van der Waals surface area contributed by atoms with Gasteiger partial charge in [0.05, 0.1) is 10.7 Å². The number of aromatic nitrogens is 1. The molecule has 0 aliphatic heterocycles. The van der Waals surface area contributed by atoms with Crippen LogP contribution in [0.3, 0.4) is 0 Å². The Morgan fingerprint density at radius 2 is 2.28 bits per heavy atom. The Balaban J connectivity index is 2.03. The van der Waals surface area contributed by atoms with E-state index in [2.05, 4.69) is 20.9 Å². The van der Waals surface area contributed by atoms with Gasteiger partial charge in [-0.25, -0.2) is 4.98 Å². The predicted octanol–water partition coefficient (Wildman–Crippen LogP) is 3.29. The molecule has 1 aromatic carbocycles. The largest absolute Gasteiger partial charge is 0.487 e. The number of halogens is 1. The molecule has 0 saturated heterocycles. The molecule has 0 spiro atoms. The van der Waals surface area contributed by atoms with E-state index in [1.165, 1.54) is 5.56 Å². The predicted molar refractivity (Wildman–Crippen MR) is 78.1 cm³/mol. The van der Waals surface area contributed by atoms with Crippen LogP contribution >= 0.6 is 27.3 Å². The molecule has 0 fully saturated rings. The Hall–Kier alpha value is -0.910. The van der Waals surface area contributed by atoms with Crippen molar-refractivity contribution < 1.29 is 4.74 Å². The number of thiazole rings is 1. The zero-order valence-corrected chi connectivity index (χ0v) is 12.6. The van der Waals surface area contributed by atoms with E-state index in [0.29, 0.717) is 13.2 Å². The summed E-state index contributed by atoms with van der Waals surface area (Å²) in [5.41, 5.74) is 7.72. The van der Waals surface area contributed by atoms with E-state index in [-0.39, 0.29) is 0 Å². The highest BCUT2D eigenvalue weighted by atomic mass is 79.9. The van der Waals surface area contributed by atoms with Gasteiger partial charge in [-0.3, -0.25) is 0 Å². The lowest BCUT2D eigenvalue weighted by atomic mass is 10.1. The second kappa shape index (κ2) is 6.31. The van der Waals surface area contributed by atoms with Crippen LogP contribution in [0.25, 0.3) is 0 Å². The molecule has 0 saturated carbocycles. The van der Waals surface area contributed by atoms with E-state index >= 15 is 0 Å². The summed E-state index contributed by atoms with van der Waals surface area (Å²) in [6, 6.07) is 5.96. The van der Waals surface area contributed by atoms with Crippen LogP contribution in [0.5, 0.6) is 5.75 Å². The summed E-state index contributed by atoms with van der Waals surface area (Å²) >= 11 is 5.15. The summed E-state index contributed by atoms with van der Waals surface area (Å²) in [4.78, 5) is 4.37. The summed E-state index contributed by atoms with van der Waals surface area (Å²) < 4.78 is 6.80. The third-order valence-corrected chi connectivity index (χ3v) is 4.08. The maximum absolute atomic E-state index is 5.73. The van der Waals surface area contributed by atoms with Crippen LogP contribution in [0.1, 0.15) is 16.3 Å². The number of ether oxygens (including phenoxy) is 1. The second-order valence-corrected chi connectivity index (χ2v) is 5.85. The van der Waals surface area contributed by atoms with Crippen LogP contribution in [0.2, 0.25) is 0 Å². The zero-order valence-electron chi connectivity index (χ0n) is 10.1. The van der Waals surface area contributed by atoms with E-state index in [0.717, 1.165) is 27.3 Å². The minimum absolute atomic E-state index is 0.508. The molecule has 1 aromatic heterocycles. The maximum atomic E-state index is 5.73. The number of nitrogens with zero attached hydrogens (tertiary/aromatic N) is 1. The number of hydrogen-bond donors (Lipinski definition) is 1. The number of aryl methyl sites for hydroxylation is 1. The van der Waals surface area contributed by atoms with Crippen LogP contribution < -0.4 is 10.5 Å². The van der Waals surface area contributed by atoms with Gasteiger partial charge in [0.2, 0.25) is 0 Å². The van der Waals surface area contributed by atoms with E-state index in [1.54, 1.807) is 11.3 Å². The van der Waals surface area contributed by atoms with Crippen molar-refractivity contribution in [2.75, 3.05) is 6.54 Å². The molecular weight excluding hydrogens is 312 g/mol. The SMILES string of the molecule is Cc1nc(COc2ccc(Br)c(CCN)c2)cs1. The molecule has 5 heteroatoms. The first kappa shape index (κ1) is 13.5. The average molecular weight is 327 g/mol. The van der Waals surface area contributed by atoms with Crippen LogP contribution in [-0.2, 0) is 13.0 Å². The smallest absolute Gasteiger partial charge is 0.131 e. The zero-order chi connectivity index (χ0) is 13.0. The monoisotopic (exact) mass is 326 g/mol. The van der Waals surface area contributed by atoms with Gasteiger partial charge >= 0.3 is 0 Å². The minimum Gasteiger partial charge on any atom is -0.487 e. The van der Waals surface area contributed by atoms with Crippen molar-refractivity contribution in [3.63, 3.8) is 0 Å². The van der Waals surface area contributed by atoms with Crippen LogP contribution in [0, 0.1) is 6.92 Å². The van der Waals surface area contributed by atoms with Gasteiger partial charge in [-0.1, -0.05) is 15.9 Å². The molecule has 0 atom stereocenters. The van der Waals surface area contributed by atoms with Crippen LogP contribution in [0.4, 0.5) is 0 Å². The number of hydrogen-bond acceptors (Lipinski definition) is 4. The molecule has 0 unspecified atom stereocenters. The van der Waals surface area contributed by atoms with Crippen molar-refractivity contribution >= 4 is 27.3 Å². The Bertz CT molecular complexity index is 527. The summed E-state index contributed by atoms with van der Waals surface area (Å²) in [7, 11) is 0. The summed E-state index contributed by atoms with van der Waals surface area (Å²) in [5, 5.41) is 3.09. The van der Waals surface area contributed by atoms with E-state index < -0.39 is 0 Å². The molecule has 0 aliphatic carbocycles. The Morgan fingerprint density at radius 3 is 2.94 bits per heavy atom. The third-order valence-electron chi connectivity index (χ3n) is 2.48. The van der Waals surface area contributed by atoms with Gasteiger partial charge in [-0.15, -0.1) is 11.3 Å². The number of nitrogens with two attached hydrogens (primary N) is 1. The summed E-state index contributed by atoms with van der Waals surface area (Å²) in [5.74, 6) is 0.854. The lowest BCUT2D eigenvalue weighted by Gasteiger charge is -2.08. The lowest BCUT2D eigenvalue weighted by molar-refractivity contribution is 0.301. The van der Waals surface area contributed by atoms with E-state index in [1.807, 2.05) is 30.5 Å². The fourth-order valence-electron chi connectivity index (χ4n) is 1.62. The minimum atomic E-state index is 0.508. The summed E-state index contributed by atoms with van der Waals surface area (Å²) in [6.07, 6.45) is 0.841. The first-order valence-electron chi connectivity index (χ1n) is 5.71. The highest BCUT2D eigenvalue weighted by Gasteiger charge is 2.04. The van der Waals surface area contributed by atoms with E-state index in [4.69, 9.17) is 10.5 Å². The average Bonchev–Trinajstić information content (AvgIpc) is 2.76. The number of benzene rings is 1. The summed E-state index contributed by atoms with van der Waals surface area (Å²) in [6.45, 7) is 3.13. The Morgan fingerprint density at radius 1 is 1.44 bits per heavy atom. The van der Waals surface area contributed by atoms with Gasteiger partial charge in [0.25, 0.3) is 0 Å². The molecule has 3 nitrogen and oxygen atoms in total. The third kappa shape index (κ3) is 3.54. The molecule has 2 rings (SSSR count). The van der Waals surface area contributed by atoms with Crippen molar-refractivity contribution in [3.05, 3.63) is 44.3 Å². The van der Waals surface area contributed by atoms with Crippen molar-refractivity contribution in [3.8, 4) is 5.75 Å². The highest BCUT2D eigenvalue weighted by molar-refractivity contribution is 9.10. The van der Waals surface area contributed by atoms with Gasteiger partial charge in [0, 0.05) is 9.85 Å². The van der Waals surface area contributed by atoms with Gasteiger partial charge in [0.15, 0.2) is 0 Å². The normalized spacial score (nSPS) is 10.6. The quantitative estimate of drug-likeness (QED) is 0.917. The maximum Gasteiger partial charge on any atom is 0.131 e. The van der Waals surface area contributed by atoms with Crippen molar-refractivity contribution in [1.29, 1.82) is 0 Å². The van der Waals surface area contributed by atoms with E-state index in [9.17, 15) is 0 Å². The van der Waals surface area contributed by atoms with Gasteiger partial charge in [-0.05, 0) is 43.7 Å². The Labute approximate surface area is 119 Å².